The number of rotatable bonds is 7. The van der Waals surface area contributed by atoms with Crippen LogP contribution in [-0.4, -0.2) is 35.6 Å². The Kier molecular flexibility index (Phi) is 5.57. The molecule has 4 nitrogen and oxygen atoms in total. The Labute approximate surface area is 124 Å². The van der Waals surface area contributed by atoms with E-state index in [-0.39, 0.29) is 17.4 Å². The van der Waals surface area contributed by atoms with Crippen LogP contribution >= 0.6 is 11.8 Å². The van der Waals surface area contributed by atoms with Gasteiger partial charge < -0.3 is 19.9 Å². The first-order valence-corrected chi connectivity index (χ1v) is 8.09. The Morgan fingerprint density at radius 3 is 2.75 bits per heavy atom. The smallest absolute Gasteiger partial charge is 0.231 e. The van der Waals surface area contributed by atoms with Crippen LogP contribution in [-0.2, 0) is 0 Å². The summed E-state index contributed by atoms with van der Waals surface area (Å²) in [5.41, 5.74) is 1.20. The molecule has 0 aliphatic carbocycles. The van der Waals surface area contributed by atoms with Gasteiger partial charge in [0, 0.05) is 17.0 Å². The average molecular weight is 297 g/mol. The normalized spacial score (nSPS) is 17.8. The highest BCUT2D eigenvalue weighted by Crippen LogP contribution is 2.35. The largest absolute Gasteiger partial charge is 0.454 e. The lowest BCUT2D eigenvalue weighted by molar-refractivity contribution is 0.174. The van der Waals surface area contributed by atoms with Gasteiger partial charge in [0.25, 0.3) is 0 Å². The van der Waals surface area contributed by atoms with Crippen molar-refractivity contribution in [2.75, 3.05) is 19.1 Å². The lowest BCUT2D eigenvalue weighted by atomic mass is 10.1. The molecule has 0 bridgehead atoms. The maximum Gasteiger partial charge on any atom is 0.231 e. The maximum absolute atomic E-state index is 9.58. The Bertz CT molecular complexity index is 439. The van der Waals surface area contributed by atoms with E-state index in [1.54, 1.807) is 11.8 Å². The van der Waals surface area contributed by atoms with Gasteiger partial charge in [-0.2, -0.15) is 11.8 Å². The quantitative estimate of drug-likeness (QED) is 0.810. The highest BCUT2D eigenvalue weighted by molar-refractivity contribution is 7.99. The van der Waals surface area contributed by atoms with Crippen LogP contribution in [0.15, 0.2) is 18.2 Å². The van der Waals surface area contributed by atoms with Crippen molar-refractivity contribution in [2.45, 2.75) is 38.2 Å². The molecule has 1 aromatic carbocycles. The molecule has 1 aromatic rings. The molecule has 0 saturated carbocycles. The minimum absolute atomic E-state index is 0.227. The Morgan fingerprint density at radius 2 is 2.05 bits per heavy atom. The van der Waals surface area contributed by atoms with E-state index in [4.69, 9.17) is 9.47 Å². The van der Waals surface area contributed by atoms with E-state index < -0.39 is 0 Å². The van der Waals surface area contributed by atoms with Gasteiger partial charge in [-0.3, -0.25) is 0 Å². The van der Waals surface area contributed by atoms with Gasteiger partial charge in [0.15, 0.2) is 11.5 Å². The molecule has 20 heavy (non-hydrogen) atoms. The van der Waals surface area contributed by atoms with Crippen LogP contribution in [0.2, 0.25) is 0 Å². The van der Waals surface area contributed by atoms with Gasteiger partial charge in [-0.25, -0.2) is 0 Å². The topological polar surface area (TPSA) is 50.7 Å². The molecular weight excluding hydrogens is 274 g/mol. The number of aliphatic hydroxyl groups excluding tert-OH is 1. The Balaban J connectivity index is 2.04. The molecule has 5 heteroatoms. The van der Waals surface area contributed by atoms with Crippen LogP contribution in [0.4, 0.5) is 0 Å². The monoisotopic (exact) mass is 297 g/mol. The molecule has 0 fully saturated rings. The summed E-state index contributed by atoms with van der Waals surface area (Å²) in [6.07, 6.45) is -0.293. The second kappa shape index (κ2) is 7.20. The summed E-state index contributed by atoms with van der Waals surface area (Å²) in [6.45, 7) is 7.20. The second-order valence-electron chi connectivity index (χ2n) is 5.00. The van der Waals surface area contributed by atoms with Gasteiger partial charge in [-0.05, 0) is 31.2 Å². The van der Waals surface area contributed by atoms with Crippen molar-refractivity contribution in [3.05, 3.63) is 23.8 Å². The first kappa shape index (κ1) is 15.5. The summed E-state index contributed by atoms with van der Waals surface area (Å²) >= 11 is 1.78. The van der Waals surface area contributed by atoms with Gasteiger partial charge in [0.05, 0.1) is 6.10 Å². The first-order valence-electron chi connectivity index (χ1n) is 7.04. The zero-order chi connectivity index (χ0) is 14.5. The Hall–Kier alpha value is -0.910. The summed E-state index contributed by atoms with van der Waals surface area (Å²) in [6, 6.07) is 6.34. The zero-order valence-electron chi connectivity index (χ0n) is 12.3. The van der Waals surface area contributed by atoms with E-state index in [0.29, 0.717) is 6.79 Å². The van der Waals surface area contributed by atoms with Gasteiger partial charge in [-0.1, -0.05) is 19.9 Å². The van der Waals surface area contributed by atoms with E-state index in [0.717, 1.165) is 23.8 Å². The number of thioether (sulfide) groups is 1. The molecule has 0 radical (unpaired) electrons. The molecule has 1 heterocycles. The number of nitrogens with one attached hydrogen (secondary N) is 1. The minimum Gasteiger partial charge on any atom is -0.454 e. The number of hydrogen-bond donors (Lipinski definition) is 2. The molecule has 0 aromatic heterocycles. The van der Waals surface area contributed by atoms with Crippen molar-refractivity contribution < 1.29 is 14.6 Å². The van der Waals surface area contributed by atoms with Gasteiger partial charge in [0.2, 0.25) is 6.79 Å². The molecule has 3 atom stereocenters. The lowest BCUT2D eigenvalue weighted by Crippen LogP contribution is -2.25. The third-order valence-corrected chi connectivity index (χ3v) is 4.90. The van der Waals surface area contributed by atoms with Crippen molar-refractivity contribution in [1.29, 1.82) is 0 Å². The van der Waals surface area contributed by atoms with Crippen molar-refractivity contribution >= 4 is 11.8 Å². The van der Waals surface area contributed by atoms with Gasteiger partial charge >= 0.3 is 0 Å². The zero-order valence-corrected chi connectivity index (χ0v) is 13.1. The molecule has 0 saturated heterocycles. The summed E-state index contributed by atoms with van der Waals surface area (Å²) < 4.78 is 10.8. The number of benzene rings is 1. The van der Waals surface area contributed by atoms with Crippen molar-refractivity contribution in [3.63, 3.8) is 0 Å². The first-order chi connectivity index (χ1) is 9.61. The van der Waals surface area contributed by atoms with Crippen LogP contribution in [0, 0.1) is 0 Å². The third kappa shape index (κ3) is 3.81. The third-order valence-electron chi connectivity index (χ3n) is 3.45. The van der Waals surface area contributed by atoms with Crippen molar-refractivity contribution in [3.8, 4) is 11.5 Å². The molecule has 1 aliphatic heterocycles. The highest BCUT2D eigenvalue weighted by atomic mass is 32.2. The van der Waals surface area contributed by atoms with Crippen LogP contribution in [0.1, 0.15) is 32.4 Å². The fourth-order valence-corrected chi connectivity index (χ4v) is 3.12. The summed E-state index contributed by atoms with van der Waals surface area (Å²) in [5, 5.41) is 13.3. The average Bonchev–Trinajstić information content (AvgIpc) is 2.90. The van der Waals surface area contributed by atoms with Crippen LogP contribution < -0.4 is 14.8 Å². The van der Waals surface area contributed by atoms with Gasteiger partial charge in [0.1, 0.15) is 0 Å². The molecule has 1 aliphatic rings. The fraction of sp³-hybridized carbons (Fsp3) is 0.600. The number of ether oxygens (including phenoxy) is 2. The number of aliphatic hydroxyl groups is 1. The summed E-state index contributed by atoms with van der Waals surface area (Å²) in [4.78, 5) is 0. The molecule has 0 amide bonds. The van der Waals surface area contributed by atoms with E-state index >= 15 is 0 Å². The van der Waals surface area contributed by atoms with E-state index in [9.17, 15) is 5.11 Å². The standard InChI is InChI=1S/C15H23NO3S/c1-4-16-13(8-20-11(3)10(2)17)12-5-6-14-15(7-12)19-9-18-14/h5-7,10-11,13,16-17H,4,8-9H2,1-3H3. The maximum atomic E-state index is 9.58. The van der Waals surface area contributed by atoms with Gasteiger partial charge in [-0.15, -0.1) is 0 Å². The predicted molar refractivity (Wildman–Crippen MR) is 82.6 cm³/mol. The molecule has 2 rings (SSSR count). The van der Waals surface area contributed by atoms with E-state index in [1.165, 1.54) is 5.56 Å². The Morgan fingerprint density at radius 1 is 1.30 bits per heavy atom. The van der Waals surface area contributed by atoms with Crippen LogP contribution in [0.25, 0.3) is 0 Å². The number of hydrogen-bond acceptors (Lipinski definition) is 5. The highest BCUT2D eigenvalue weighted by Gasteiger charge is 2.19. The van der Waals surface area contributed by atoms with Crippen molar-refractivity contribution in [1.82, 2.24) is 5.32 Å². The number of fused-ring (bicyclic) bond motifs is 1. The SMILES string of the molecule is CCNC(CSC(C)C(C)O)c1ccc2c(c1)OCO2. The predicted octanol–water partition coefficient (Wildman–Crippen LogP) is 2.57. The molecular formula is C15H23NO3S. The summed E-state index contributed by atoms with van der Waals surface area (Å²) in [7, 11) is 0. The molecule has 3 unspecified atom stereocenters. The van der Waals surface area contributed by atoms with E-state index in [2.05, 4.69) is 25.2 Å². The van der Waals surface area contributed by atoms with Crippen LogP contribution in [0.5, 0.6) is 11.5 Å². The summed E-state index contributed by atoms with van der Waals surface area (Å²) in [5.74, 6) is 2.55. The molecule has 0 spiro atoms. The lowest BCUT2D eigenvalue weighted by Gasteiger charge is -2.21. The van der Waals surface area contributed by atoms with Crippen LogP contribution in [0.3, 0.4) is 0 Å². The minimum atomic E-state index is -0.293. The fourth-order valence-electron chi connectivity index (χ4n) is 2.04. The van der Waals surface area contributed by atoms with Crippen molar-refractivity contribution in [2.24, 2.45) is 0 Å². The molecule has 2 N–H and O–H groups in total. The van der Waals surface area contributed by atoms with E-state index in [1.807, 2.05) is 19.1 Å². The molecule has 112 valence electrons. The second-order valence-corrected chi connectivity index (χ2v) is 6.41.